The third-order valence-corrected chi connectivity index (χ3v) is 4.66. The fraction of sp³-hybridized carbons (Fsp3) is 0.333. The van der Waals surface area contributed by atoms with Crippen molar-refractivity contribution in [3.63, 3.8) is 0 Å². The molecule has 21 heavy (non-hydrogen) atoms. The van der Waals surface area contributed by atoms with Gasteiger partial charge in [-0.3, -0.25) is 0 Å². The molecule has 0 aliphatic heterocycles. The summed E-state index contributed by atoms with van der Waals surface area (Å²) in [5.74, 6) is 0.716. The minimum Gasteiger partial charge on any atom is -0.316 e. The second-order valence-electron chi connectivity index (χ2n) is 5.43. The van der Waals surface area contributed by atoms with Gasteiger partial charge in [0.2, 0.25) is 0 Å². The van der Waals surface area contributed by atoms with E-state index in [2.05, 4.69) is 37.4 Å². The number of aryl methyl sites for hydroxylation is 2. The van der Waals surface area contributed by atoms with E-state index in [-0.39, 0.29) is 5.82 Å². The molecule has 112 valence electrons. The summed E-state index contributed by atoms with van der Waals surface area (Å²) in [5.41, 5.74) is 3.92. The zero-order chi connectivity index (χ0) is 15.2. The van der Waals surface area contributed by atoms with Crippen LogP contribution in [0.15, 0.2) is 47.4 Å². The lowest BCUT2D eigenvalue weighted by Crippen LogP contribution is -2.30. The monoisotopic (exact) mass is 303 g/mol. The van der Waals surface area contributed by atoms with Gasteiger partial charge >= 0.3 is 0 Å². The van der Waals surface area contributed by atoms with E-state index in [1.54, 1.807) is 17.8 Å². The zero-order valence-electron chi connectivity index (χ0n) is 12.8. The van der Waals surface area contributed by atoms with Crippen molar-refractivity contribution in [3.05, 3.63) is 65.0 Å². The molecule has 0 spiro atoms. The predicted molar refractivity (Wildman–Crippen MR) is 89.6 cm³/mol. The summed E-state index contributed by atoms with van der Waals surface area (Å²) in [5, 5.41) is 3.34. The standard InChI is InChI=1S/C18H22FNS/c1-13-8-14(2)10-15(9-13)11-16(20-3)12-21-18-7-5-4-6-17(18)19/h4-10,16,20H,11-12H2,1-3H3. The molecule has 2 rings (SSSR count). The Morgan fingerprint density at radius 2 is 1.76 bits per heavy atom. The Morgan fingerprint density at radius 3 is 2.38 bits per heavy atom. The molecule has 0 fully saturated rings. The average Bonchev–Trinajstić information content (AvgIpc) is 2.44. The third kappa shape index (κ3) is 4.87. The van der Waals surface area contributed by atoms with Gasteiger partial charge in [-0.05, 0) is 45.0 Å². The van der Waals surface area contributed by atoms with Crippen molar-refractivity contribution in [2.45, 2.75) is 31.2 Å². The highest BCUT2D eigenvalue weighted by Crippen LogP contribution is 2.23. The first-order chi connectivity index (χ1) is 10.1. The van der Waals surface area contributed by atoms with Crippen molar-refractivity contribution >= 4 is 11.8 Å². The van der Waals surface area contributed by atoms with Gasteiger partial charge in [-0.2, -0.15) is 0 Å². The van der Waals surface area contributed by atoms with E-state index >= 15 is 0 Å². The summed E-state index contributed by atoms with van der Waals surface area (Å²) in [6, 6.07) is 13.9. The highest BCUT2D eigenvalue weighted by molar-refractivity contribution is 7.99. The smallest absolute Gasteiger partial charge is 0.136 e. The quantitative estimate of drug-likeness (QED) is 0.796. The van der Waals surface area contributed by atoms with Crippen LogP contribution in [0, 0.1) is 19.7 Å². The fourth-order valence-corrected chi connectivity index (χ4v) is 3.51. The largest absolute Gasteiger partial charge is 0.316 e. The molecule has 1 N–H and O–H groups in total. The maximum absolute atomic E-state index is 13.6. The highest BCUT2D eigenvalue weighted by atomic mass is 32.2. The molecule has 0 amide bonds. The van der Waals surface area contributed by atoms with Crippen LogP contribution in [0.4, 0.5) is 4.39 Å². The molecule has 3 heteroatoms. The van der Waals surface area contributed by atoms with Crippen LogP contribution in [0.5, 0.6) is 0 Å². The summed E-state index contributed by atoms with van der Waals surface area (Å²) in [4.78, 5) is 0.721. The van der Waals surface area contributed by atoms with Gasteiger partial charge < -0.3 is 5.32 Å². The normalized spacial score (nSPS) is 12.4. The number of hydrogen-bond donors (Lipinski definition) is 1. The van der Waals surface area contributed by atoms with E-state index in [4.69, 9.17) is 0 Å². The van der Waals surface area contributed by atoms with E-state index in [1.807, 2.05) is 19.2 Å². The summed E-state index contributed by atoms with van der Waals surface area (Å²) < 4.78 is 13.6. The molecule has 0 radical (unpaired) electrons. The van der Waals surface area contributed by atoms with Gasteiger partial charge in [0.25, 0.3) is 0 Å². The van der Waals surface area contributed by atoms with E-state index in [1.165, 1.54) is 22.8 Å². The number of hydrogen-bond acceptors (Lipinski definition) is 2. The maximum Gasteiger partial charge on any atom is 0.136 e. The molecular weight excluding hydrogens is 281 g/mol. The third-order valence-electron chi connectivity index (χ3n) is 3.45. The molecule has 0 aliphatic rings. The highest BCUT2D eigenvalue weighted by Gasteiger charge is 2.10. The van der Waals surface area contributed by atoms with Crippen LogP contribution in [-0.4, -0.2) is 18.8 Å². The van der Waals surface area contributed by atoms with Crippen LogP contribution in [0.25, 0.3) is 0 Å². The number of rotatable bonds is 6. The molecule has 2 aromatic carbocycles. The van der Waals surface area contributed by atoms with Crippen LogP contribution in [0.1, 0.15) is 16.7 Å². The minimum atomic E-state index is -0.135. The number of benzene rings is 2. The Morgan fingerprint density at radius 1 is 1.10 bits per heavy atom. The molecule has 0 bridgehead atoms. The Balaban J connectivity index is 1.98. The Labute approximate surface area is 131 Å². The van der Waals surface area contributed by atoms with Gasteiger partial charge in [-0.1, -0.05) is 41.5 Å². The first-order valence-electron chi connectivity index (χ1n) is 7.20. The van der Waals surface area contributed by atoms with Crippen molar-refractivity contribution < 1.29 is 4.39 Å². The van der Waals surface area contributed by atoms with Crippen LogP contribution >= 0.6 is 11.8 Å². The molecule has 2 aromatic rings. The Hall–Kier alpha value is -1.32. The lowest BCUT2D eigenvalue weighted by molar-refractivity contribution is 0.598. The van der Waals surface area contributed by atoms with Crippen molar-refractivity contribution in [2.75, 3.05) is 12.8 Å². The number of halogens is 1. The second-order valence-corrected chi connectivity index (χ2v) is 6.49. The zero-order valence-corrected chi connectivity index (χ0v) is 13.6. The predicted octanol–water partition coefficient (Wildman–Crippen LogP) is 4.37. The van der Waals surface area contributed by atoms with E-state index in [9.17, 15) is 4.39 Å². The van der Waals surface area contributed by atoms with Crippen molar-refractivity contribution in [1.29, 1.82) is 0 Å². The Bertz CT molecular complexity index is 577. The van der Waals surface area contributed by atoms with Gasteiger partial charge in [0.05, 0.1) is 0 Å². The van der Waals surface area contributed by atoms with Crippen LogP contribution in [0.3, 0.4) is 0 Å². The minimum absolute atomic E-state index is 0.135. The second kappa shape index (κ2) is 7.62. The van der Waals surface area contributed by atoms with Gasteiger partial charge in [0, 0.05) is 16.7 Å². The molecule has 1 atom stereocenters. The molecule has 1 unspecified atom stereocenters. The first-order valence-corrected chi connectivity index (χ1v) is 8.19. The average molecular weight is 303 g/mol. The maximum atomic E-state index is 13.6. The molecule has 0 aliphatic carbocycles. The first kappa shape index (κ1) is 16.1. The molecule has 0 heterocycles. The molecule has 1 nitrogen and oxygen atoms in total. The van der Waals surface area contributed by atoms with Crippen LogP contribution < -0.4 is 5.32 Å². The van der Waals surface area contributed by atoms with Crippen molar-refractivity contribution in [3.8, 4) is 0 Å². The number of thioether (sulfide) groups is 1. The van der Waals surface area contributed by atoms with Gasteiger partial charge in [0.15, 0.2) is 0 Å². The summed E-state index contributed by atoms with van der Waals surface area (Å²) in [6.07, 6.45) is 0.959. The van der Waals surface area contributed by atoms with E-state index in [0.29, 0.717) is 6.04 Å². The number of likely N-dealkylation sites (N-methyl/N-ethyl adjacent to an activating group) is 1. The van der Waals surface area contributed by atoms with Crippen molar-refractivity contribution in [1.82, 2.24) is 5.32 Å². The topological polar surface area (TPSA) is 12.0 Å². The molecule has 0 saturated carbocycles. The van der Waals surface area contributed by atoms with Gasteiger partial charge in [-0.15, -0.1) is 11.8 Å². The lowest BCUT2D eigenvalue weighted by atomic mass is 10.0. The van der Waals surface area contributed by atoms with Crippen LogP contribution in [-0.2, 0) is 6.42 Å². The summed E-state index contributed by atoms with van der Waals surface area (Å²) in [6.45, 7) is 4.25. The summed E-state index contributed by atoms with van der Waals surface area (Å²) in [7, 11) is 1.97. The molecule has 0 saturated heterocycles. The van der Waals surface area contributed by atoms with E-state index < -0.39 is 0 Å². The molecule has 0 aromatic heterocycles. The SMILES string of the molecule is CNC(CSc1ccccc1F)Cc1cc(C)cc(C)c1. The number of nitrogens with one attached hydrogen (secondary N) is 1. The van der Waals surface area contributed by atoms with Crippen molar-refractivity contribution in [2.24, 2.45) is 0 Å². The molecular formula is C18H22FNS. The van der Waals surface area contributed by atoms with E-state index in [0.717, 1.165) is 17.1 Å². The summed E-state index contributed by atoms with van der Waals surface area (Å²) >= 11 is 1.57. The lowest BCUT2D eigenvalue weighted by Gasteiger charge is -2.17. The van der Waals surface area contributed by atoms with Gasteiger partial charge in [0.1, 0.15) is 5.82 Å². The van der Waals surface area contributed by atoms with Gasteiger partial charge in [-0.25, -0.2) is 4.39 Å². The Kier molecular flexibility index (Phi) is 5.83. The van der Waals surface area contributed by atoms with Crippen LogP contribution in [0.2, 0.25) is 0 Å². The fourth-order valence-electron chi connectivity index (χ4n) is 2.47.